The van der Waals surface area contributed by atoms with Crippen LogP contribution in [0.1, 0.15) is 16.1 Å². The van der Waals surface area contributed by atoms with E-state index < -0.39 is 11.8 Å². The van der Waals surface area contributed by atoms with Crippen LogP contribution in [-0.4, -0.2) is 16.1 Å². The molecule has 0 aliphatic carbocycles. The van der Waals surface area contributed by atoms with E-state index in [1.807, 2.05) is 0 Å². The van der Waals surface area contributed by atoms with Gasteiger partial charge in [-0.3, -0.25) is 0 Å². The van der Waals surface area contributed by atoms with Crippen molar-refractivity contribution in [1.29, 1.82) is 0 Å². The molecule has 0 spiro atoms. The number of rotatable bonds is 3. The van der Waals surface area contributed by atoms with Crippen molar-refractivity contribution in [1.82, 2.24) is 4.98 Å². The average molecular weight is 340 g/mol. The molecular weight excluding hydrogens is 329 g/mol. The lowest BCUT2D eigenvalue weighted by molar-refractivity contribution is 0.0690. The molecule has 5 nitrogen and oxygen atoms in total. The molecule has 0 unspecified atom stereocenters. The monoisotopic (exact) mass is 339 g/mol. The van der Waals surface area contributed by atoms with Gasteiger partial charge >= 0.3 is 5.97 Å². The lowest BCUT2D eigenvalue weighted by atomic mass is 10.2. The summed E-state index contributed by atoms with van der Waals surface area (Å²) in [5.74, 6) is -1.42. The zero-order valence-electron chi connectivity index (χ0n) is 10.4. The molecule has 0 fully saturated rings. The first kappa shape index (κ1) is 14.3. The number of pyridine rings is 1. The fraction of sp³-hybridized carbons (Fsp3) is 0.0769. The van der Waals surface area contributed by atoms with Crippen LogP contribution >= 0.6 is 15.9 Å². The van der Waals surface area contributed by atoms with Crippen LogP contribution in [0.2, 0.25) is 0 Å². The van der Waals surface area contributed by atoms with Gasteiger partial charge in [-0.2, -0.15) is 0 Å². The number of benzene rings is 1. The highest BCUT2D eigenvalue weighted by Crippen LogP contribution is 2.28. The van der Waals surface area contributed by atoms with E-state index >= 15 is 0 Å². The number of nitrogens with one attached hydrogen (secondary N) is 1. The summed E-state index contributed by atoms with van der Waals surface area (Å²) >= 11 is 3.09. The molecule has 104 valence electrons. The number of carbonyl (C=O) groups is 1. The highest BCUT2D eigenvalue weighted by molar-refractivity contribution is 9.10. The molecule has 7 heteroatoms. The molecule has 1 aromatic heterocycles. The number of aromatic carboxylic acids is 1. The Morgan fingerprint density at radius 3 is 2.80 bits per heavy atom. The maximum atomic E-state index is 13.5. The largest absolute Gasteiger partial charge is 0.477 e. The minimum absolute atomic E-state index is 0.142. The predicted molar refractivity (Wildman–Crippen MR) is 77.7 cm³/mol. The molecule has 20 heavy (non-hydrogen) atoms. The first-order chi connectivity index (χ1) is 9.38. The van der Waals surface area contributed by atoms with Crippen molar-refractivity contribution in [2.45, 2.75) is 6.92 Å². The second kappa shape index (κ2) is 5.46. The number of anilines is 3. The number of halogens is 2. The van der Waals surface area contributed by atoms with Gasteiger partial charge in [-0.05, 0) is 52.7 Å². The number of hydrogen-bond donors (Lipinski definition) is 3. The minimum atomic E-state index is -1.16. The van der Waals surface area contributed by atoms with Crippen LogP contribution in [0.3, 0.4) is 0 Å². The van der Waals surface area contributed by atoms with Crippen molar-refractivity contribution in [2.75, 3.05) is 11.1 Å². The van der Waals surface area contributed by atoms with Gasteiger partial charge in [0.25, 0.3) is 0 Å². The van der Waals surface area contributed by atoms with Gasteiger partial charge in [0, 0.05) is 5.69 Å². The van der Waals surface area contributed by atoms with Gasteiger partial charge in [-0.1, -0.05) is 0 Å². The molecule has 0 saturated heterocycles. The van der Waals surface area contributed by atoms with E-state index in [1.165, 1.54) is 18.2 Å². The van der Waals surface area contributed by atoms with E-state index in [1.54, 1.807) is 13.0 Å². The van der Waals surface area contributed by atoms with E-state index in [0.29, 0.717) is 10.2 Å². The summed E-state index contributed by atoms with van der Waals surface area (Å²) in [6, 6.07) is 5.63. The number of nitrogens with two attached hydrogens (primary N) is 1. The quantitative estimate of drug-likeness (QED) is 0.798. The number of carboxylic acids is 1. The van der Waals surface area contributed by atoms with Crippen LogP contribution in [0, 0.1) is 12.7 Å². The third-order valence-electron chi connectivity index (χ3n) is 2.67. The second-order valence-corrected chi connectivity index (χ2v) is 5.00. The zero-order valence-corrected chi connectivity index (χ0v) is 12.0. The van der Waals surface area contributed by atoms with Gasteiger partial charge in [0.15, 0.2) is 11.5 Å². The third-order valence-corrected chi connectivity index (χ3v) is 3.27. The molecule has 4 N–H and O–H groups in total. The van der Waals surface area contributed by atoms with Gasteiger partial charge < -0.3 is 16.2 Å². The Morgan fingerprint density at radius 2 is 2.15 bits per heavy atom. The number of aromatic nitrogens is 1. The Kier molecular flexibility index (Phi) is 3.89. The summed E-state index contributed by atoms with van der Waals surface area (Å²) in [5.41, 5.74) is 7.10. The van der Waals surface area contributed by atoms with Crippen LogP contribution in [0.4, 0.5) is 21.6 Å². The topological polar surface area (TPSA) is 88.2 Å². The number of aryl methyl sites for hydroxylation is 1. The SMILES string of the molecule is Cc1cc(Br)c(F)cc1Nc1nc(C(=O)O)ccc1N. The van der Waals surface area contributed by atoms with E-state index in [4.69, 9.17) is 10.8 Å². The van der Waals surface area contributed by atoms with Gasteiger partial charge in [-0.15, -0.1) is 0 Å². The number of nitrogen functional groups attached to an aromatic ring is 1. The molecule has 0 amide bonds. The molecule has 1 heterocycles. The Morgan fingerprint density at radius 1 is 1.45 bits per heavy atom. The molecular formula is C13H11BrFN3O2. The highest BCUT2D eigenvalue weighted by Gasteiger charge is 2.11. The first-order valence-corrected chi connectivity index (χ1v) is 6.40. The molecule has 2 rings (SSSR count). The average Bonchev–Trinajstić information content (AvgIpc) is 2.38. The molecule has 0 aliphatic rings. The number of nitrogens with zero attached hydrogens (tertiary/aromatic N) is 1. The molecule has 0 saturated carbocycles. The highest BCUT2D eigenvalue weighted by atomic mass is 79.9. The van der Waals surface area contributed by atoms with Gasteiger partial charge in [0.05, 0.1) is 10.2 Å². The molecule has 0 aliphatic heterocycles. The van der Waals surface area contributed by atoms with Crippen molar-refractivity contribution >= 4 is 39.1 Å². The zero-order chi connectivity index (χ0) is 14.9. The summed E-state index contributed by atoms with van der Waals surface area (Å²) in [6.07, 6.45) is 0. The van der Waals surface area contributed by atoms with E-state index in [0.717, 1.165) is 5.56 Å². The molecule has 0 bridgehead atoms. The maximum absolute atomic E-state index is 13.5. The smallest absolute Gasteiger partial charge is 0.354 e. The second-order valence-electron chi connectivity index (χ2n) is 4.15. The minimum Gasteiger partial charge on any atom is -0.477 e. The molecule has 0 radical (unpaired) electrons. The maximum Gasteiger partial charge on any atom is 0.354 e. The van der Waals surface area contributed by atoms with Crippen molar-refractivity contribution in [3.8, 4) is 0 Å². The van der Waals surface area contributed by atoms with Gasteiger partial charge in [-0.25, -0.2) is 14.2 Å². The van der Waals surface area contributed by atoms with E-state index in [-0.39, 0.29) is 17.2 Å². The molecule has 2 aromatic rings. The summed E-state index contributed by atoms with van der Waals surface area (Å²) in [7, 11) is 0. The Balaban J connectivity index is 2.42. The third kappa shape index (κ3) is 2.88. The molecule has 1 aromatic carbocycles. The lowest BCUT2D eigenvalue weighted by Crippen LogP contribution is -2.06. The van der Waals surface area contributed by atoms with Crippen LogP contribution in [0.25, 0.3) is 0 Å². The number of carboxylic acid groups (broad SMARTS) is 1. The van der Waals surface area contributed by atoms with Crippen molar-refractivity contribution in [3.63, 3.8) is 0 Å². The van der Waals surface area contributed by atoms with Crippen LogP contribution in [-0.2, 0) is 0 Å². The lowest BCUT2D eigenvalue weighted by Gasteiger charge is -2.12. The fourth-order valence-electron chi connectivity index (χ4n) is 1.60. The van der Waals surface area contributed by atoms with Crippen molar-refractivity contribution in [3.05, 3.63) is 45.8 Å². The predicted octanol–water partition coefficient (Wildman–Crippen LogP) is 3.32. The van der Waals surface area contributed by atoms with Crippen LogP contribution in [0.5, 0.6) is 0 Å². The van der Waals surface area contributed by atoms with Crippen molar-refractivity contribution < 1.29 is 14.3 Å². The summed E-state index contributed by atoms with van der Waals surface area (Å²) < 4.78 is 13.9. The van der Waals surface area contributed by atoms with E-state index in [9.17, 15) is 9.18 Å². The normalized spacial score (nSPS) is 10.3. The first-order valence-electron chi connectivity index (χ1n) is 5.61. The Hall–Kier alpha value is -2.15. The standard InChI is InChI=1S/C13H11BrFN3O2/c1-6-4-7(14)8(15)5-11(6)18-12-9(16)2-3-10(17-12)13(19)20/h2-5H,16H2,1H3,(H,17,18)(H,19,20). The van der Waals surface area contributed by atoms with Crippen molar-refractivity contribution in [2.24, 2.45) is 0 Å². The Bertz CT molecular complexity index is 692. The number of hydrogen-bond acceptors (Lipinski definition) is 4. The van der Waals surface area contributed by atoms with Crippen LogP contribution in [0.15, 0.2) is 28.7 Å². The summed E-state index contributed by atoms with van der Waals surface area (Å²) in [4.78, 5) is 14.8. The van der Waals surface area contributed by atoms with E-state index in [2.05, 4.69) is 26.2 Å². The Labute approximate surface area is 122 Å². The van der Waals surface area contributed by atoms with Gasteiger partial charge in [0.2, 0.25) is 0 Å². The summed E-state index contributed by atoms with van der Waals surface area (Å²) in [6.45, 7) is 1.78. The van der Waals surface area contributed by atoms with Gasteiger partial charge in [0.1, 0.15) is 5.82 Å². The molecule has 0 atom stereocenters. The van der Waals surface area contributed by atoms with Crippen LogP contribution < -0.4 is 11.1 Å². The fourth-order valence-corrected chi connectivity index (χ4v) is 2.06. The summed E-state index contributed by atoms with van der Waals surface area (Å²) in [5, 5.41) is 11.7.